The van der Waals surface area contributed by atoms with E-state index in [4.69, 9.17) is 0 Å². The highest BCUT2D eigenvalue weighted by Crippen LogP contribution is 2.44. The van der Waals surface area contributed by atoms with E-state index in [-0.39, 0.29) is 17.4 Å². The number of rotatable bonds is 3. The third kappa shape index (κ3) is 2.88. The summed E-state index contributed by atoms with van der Waals surface area (Å²) in [6, 6.07) is -0.0617. The summed E-state index contributed by atoms with van der Waals surface area (Å²) in [5, 5.41) is 0. The van der Waals surface area contributed by atoms with Crippen molar-refractivity contribution < 1.29 is 9.59 Å². The molecule has 1 aliphatic rings. The molecular formula is C12H18N2O2. The standard InChI is InChI=1S/C12H18N2O2/c1-9-4-11(14-8-16)10(6-13-7-15)12(2,3)5-9/h9-11H,4-6H2,1-3H3. The average molecular weight is 222 g/mol. The number of aliphatic imine (C=N–C) groups is 2. The maximum atomic E-state index is 10.4. The van der Waals surface area contributed by atoms with Gasteiger partial charge in [-0.05, 0) is 24.2 Å². The highest BCUT2D eigenvalue weighted by molar-refractivity contribution is 5.34. The molecule has 0 aromatic carbocycles. The second kappa shape index (κ2) is 5.20. The zero-order valence-electron chi connectivity index (χ0n) is 10.1. The zero-order chi connectivity index (χ0) is 12.2. The number of hydrogen-bond donors (Lipinski definition) is 0. The van der Waals surface area contributed by atoms with E-state index in [1.54, 1.807) is 12.2 Å². The lowest BCUT2D eigenvalue weighted by molar-refractivity contribution is 0.0876. The van der Waals surface area contributed by atoms with Crippen LogP contribution in [0.3, 0.4) is 0 Å². The summed E-state index contributed by atoms with van der Waals surface area (Å²) in [5.41, 5.74) is 0.0447. The van der Waals surface area contributed by atoms with E-state index in [1.807, 2.05) is 0 Å². The molecule has 0 N–H and O–H groups in total. The summed E-state index contributed by atoms with van der Waals surface area (Å²) in [4.78, 5) is 28.1. The first kappa shape index (κ1) is 12.8. The first-order valence-corrected chi connectivity index (χ1v) is 5.62. The highest BCUT2D eigenvalue weighted by atomic mass is 16.1. The van der Waals surface area contributed by atoms with Crippen molar-refractivity contribution in [1.29, 1.82) is 0 Å². The fraction of sp³-hybridized carbons (Fsp3) is 0.833. The second-order valence-corrected chi connectivity index (χ2v) is 5.36. The topological polar surface area (TPSA) is 58.9 Å². The van der Waals surface area contributed by atoms with Crippen LogP contribution in [0.4, 0.5) is 0 Å². The van der Waals surface area contributed by atoms with Crippen LogP contribution < -0.4 is 0 Å². The van der Waals surface area contributed by atoms with Gasteiger partial charge in [0.05, 0.1) is 12.6 Å². The minimum absolute atomic E-state index is 0.0447. The van der Waals surface area contributed by atoms with Gasteiger partial charge in [-0.25, -0.2) is 19.6 Å². The van der Waals surface area contributed by atoms with Gasteiger partial charge in [-0.3, -0.25) is 0 Å². The highest BCUT2D eigenvalue weighted by Gasteiger charge is 2.41. The number of carbonyl (C=O) groups excluding carboxylic acids is 2. The lowest BCUT2D eigenvalue weighted by atomic mass is 9.63. The summed E-state index contributed by atoms with van der Waals surface area (Å²) in [6.07, 6.45) is 5.14. The van der Waals surface area contributed by atoms with Crippen LogP contribution in [-0.2, 0) is 9.59 Å². The Labute approximate surface area is 95.9 Å². The Morgan fingerprint density at radius 2 is 2.00 bits per heavy atom. The molecule has 4 heteroatoms. The van der Waals surface area contributed by atoms with Crippen LogP contribution in [0.25, 0.3) is 0 Å². The number of hydrogen-bond acceptors (Lipinski definition) is 4. The Kier molecular flexibility index (Phi) is 4.17. The molecule has 0 radical (unpaired) electrons. The van der Waals surface area contributed by atoms with Crippen molar-refractivity contribution in [1.82, 2.24) is 0 Å². The molecule has 4 nitrogen and oxygen atoms in total. The SMILES string of the molecule is CC1CC(N=C=O)C(CN=C=O)C(C)(C)C1. The summed E-state index contributed by atoms with van der Waals surface area (Å²) < 4.78 is 0. The van der Waals surface area contributed by atoms with Gasteiger partial charge in [0.1, 0.15) is 0 Å². The Morgan fingerprint density at radius 1 is 1.31 bits per heavy atom. The normalized spacial score (nSPS) is 32.3. The van der Waals surface area contributed by atoms with Crippen molar-refractivity contribution in [2.24, 2.45) is 27.2 Å². The van der Waals surface area contributed by atoms with Crippen molar-refractivity contribution in [3.63, 3.8) is 0 Å². The summed E-state index contributed by atoms with van der Waals surface area (Å²) in [6.45, 7) is 6.84. The largest absolute Gasteiger partial charge is 0.235 e. The molecule has 1 saturated carbocycles. The number of isocyanates is 2. The second-order valence-electron chi connectivity index (χ2n) is 5.36. The lowest BCUT2D eigenvalue weighted by Gasteiger charge is -2.43. The third-order valence-corrected chi connectivity index (χ3v) is 3.56. The zero-order valence-corrected chi connectivity index (χ0v) is 10.1. The fourth-order valence-electron chi connectivity index (χ4n) is 2.94. The van der Waals surface area contributed by atoms with E-state index in [0.29, 0.717) is 12.5 Å². The molecule has 0 bridgehead atoms. The first-order valence-electron chi connectivity index (χ1n) is 5.62. The molecule has 0 aliphatic heterocycles. The van der Waals surface area contributed by atoms with E-state index in [1.165, 1.54) is 0 Å². The average Bonchev–Trinajstić information content (AvgIpc) is 2.15. The van der Waals surface area contributed by atoms with Gasteiger partial charge in [0.15, 0.2) is 0 Å². The molecule has 3 atom stereocenters. The predicted octanol–water partition coefficient (Wildman–Crippen LogP) is 2.10. The molecule has 0 aromatic heterocycles. The van der Waals surface area contributed by atoms with Crippen molar-refractivity contribution in [2.45, 2.75) is 39.7 Å². The summed E-state index contributed by atoms with van der Waals surface area (Å²) in [5.74, 6) is 0.667. The van der Waals surface area contributed by atoms with Gasteiger partial charge in [0.25, 0.3) is 0 Å². The first-order chi connectivity index (χ1) is 7.51. The minimum Gasteiger partial charge on any atom is -0.211 e. The van der Waals surface area contributed by atoms with E-state index in [9.17, 15) is 9.59 Å². The van der Waals surface area contributed by atoms with Crippen LogP contribution in [0, 0.1) is 17.3 Å². The monoisotopic (exact) mass is 222 g/mol. The summed E-state index contributed by atoms with van der Waals surface area (Å²) in [7, 11) is 0. The van der Waals surface area contributed by atoms with Crippen molar-refractivity contribution in [3.8, 4) is 0 Å². The van der Waals surface area contributed by atoms with Crippen LogP contribution in [0.5, 0.6) is 0 Å². The van der Waals surface area contributed by atoms with Crippen LogP contribution in [0.15, 0.2) is 9.98 Å². The van der Waals surface area contributed by atoms with Gasteiger partial charge >= 0.3 is 0 Å². The molecule has 0 amide bonds. The molecule has 0 aromatic rings. The molecule has 1 fully saturated rings. The Balaban J connectivity index is 2.93. The molecular weight excluding hydrogens is 204 g/mol. The van der Waals surface area contributed by atoms with Crippen LogP contribution in [-0.4, -0.2) is 24.7 Å². The fourth-order valence-corrected chi connectivity index (χ4v) is 2.94. The van der Waals surface area contributed by atoms with E-state index < -0.39 is 0 Å². The molecule has 0 spiro atoms. The van der Waals surface area contributed by atoms with Gasteiger partial charge in [-0.15, -0.1) is 0 Å². The van der Waals surface area contributed by atoms with Gasteiger partial charge in [-0.1, -0.05) is 20.8 Å². The third-order valence-electron chi connectivity index (χ3n) is 3.56. The van der Waals surface area contributed by atoms with Gasteiger partial charge < -0.3 is 0 Å². The quantitative estimate of drug-likeness (QED) is 0.542. The minimum atomic E-state index is -0.0617. The summed E-state index contributed by atoms with van der Waals surface area (Å²) >= 11 is 0. The van der Waals surface area contributed by atoms with Crippen molar-refractivity contribution in [3.05, 3.63) is 0 Å². The Bertz CT molecular complexity index is 339. The smallest absolute Gasteiger partial charge is 0.211 e. The van der Waals surface area contributed by atoms with Crippen LogP contribution in [0.2, 0.25) is 0 Å². The molecule has 0 saturated heterocycles. The van der Waals surface area contributed by atoms with E-state index >= 15 is 0 Å². The number of nitrogens with zero attached hydrogens (tertiary/aromatic N) is 2. The van der Waals surface area contributed by atoms with Crippen molar-refractivity contribution in [2.75, 3.05) is 6.54 Å². The molecule has 3 unspecified atom stereocenters. The molecule has 0 heterocycles. The van der Waals surface area contributed by atoms with Crippen LogP contribution >= 0.6 is 0 Å². The molecule has 88 valence electrons. The maximum absolute atomic E-state index is 10.4. The molecule has 16 heavy (non-hydrogen) atoms. The predicted molar refractivity (Wildman–Crippen MR) is 60.6 cm³/mol. The maximum Gasteiger partial charge on any atom is 0.235 e. The van der Waals surface area contributed by atoms with E-state index in [2.05, 4.69) is 30.8 Å². The van der Waals surface area contributed by atoms with E-state index in [0.717, 1.165) is 12.8 Å². The van der Waals surface area contributed by atoms with Gasteiger partial charge in [0, 0.05) is 5.92 Å². The van der Waals surface area contributed by atoms with Gasteiger partial charge in [-0.2, -0.15) is 0 Å². The Morgan fingerprint density at radius 3 is 2.56 bits per heavy atom. The van der Waals surface area contributed by atoms with Crippen LogP contribution in [0.1, 0.15) is 33.6 Å². The molecule has 1 rings (SSSR count). The lowest BCUT2D eigenvalue weighted by Crippen LogP contribution is -2.42. The Hall–Kier alpha value is -1.24. The van der Waals surface area contributed by atoms with Gasteiger partial charge in [0.2, 0.25) is 12.2 Å². The van der Waals surface area contributed by atoms with Crippen molar-refractivity contribution >= 4 is 12.2 Å². The molecule has 1 aliphatic carbocycles.